The number of hydrogen-bond acceptors (Lipinski definition) is 6. The number of amides is 1. The van der Waals surface area contributed by atoms with Crippen molar-refractivity contribution in [2.24, 2.45) is 7.05 Å². The van der Waals surface area contributed by atoms with Crippen LogP contribution in [0.25, 0.3) is 11.1 Å². The summed E-state index contributed by atoms with van der Waals surface area (Å²) in [6.07, 6.45) is 1.21. The lowest BCUT2D eigenvalue weighted by molar-refractivity contribution is -0.115. The Hall–Kier alpha value is -4.51. The van der Waals surface area contributed by atoms with Gasteiger partial charge in [-0.25, -0.2) is 17.2 Å². The van der Waals surface area contributed by atoms with Crippen molar-refractivity contribution in [3.05, 3.63) is 101 Å². The molecular weight excluding hydrogens is 542 g/mol. The molecule has 0 saturated carbocycles. The van der Waals surface area contributed by atoms with Gasteiger partial charge in [-0.1, -0.05) is 18.2 Å². The number of nitrogens with one attached hydrogen (secondary N) is 1. The minimum absolute atomic E-state index is 0.123. The van der Waals surface area contributed by atoms with Crippen LogP contribution in [0.2, 0.25) is 0 Å². The molecule has 11 heteroatoms. The zero-order valence-electron chi connectivity index (χ0n) is 21.7. The molecule has 1 N–H and O–H groups in total. The number of aryl methyl sites for hydroxylation is 1. The summed E-state index contributed by atoms with van der Waals surface area (Å²) in [4.78, 5) is 25.1. The van der Waals surface area contributed by atoms with Gasteiger partial charge in [-0.2, -0.15) is 0 Å². The molecule has 1 amide bonds. The standard InChI is InChI=1S/C29H26F2N2O6S/c1-3-38-27-17-29(35)33(2)18-23(27)22-16-20(10-12-25(22)39-26-11-9-19(30)15-24(26)31)32-28(34)13-14-40(36,37)21-7-5-4-6-8-21/h4-12,15-18H,3,13-14H2,1-2H3,(H,32,34). The van der Waals surface area contributed by atoms with Crippen molar-refractivity contribution in [1.82, 2.24) is 4.57 Å². The van der Waals surface area contributed by atoms with Gasteiger partial charge in [0.25, 0.3) is 5.56 Å². The first kappa shape index (κ1) is 28.5. The van der Waals surface area contributed by atoms with Crippen LogP contribution in [-0.4, -0.2) is 31.3 Å². The first-order valence-corrected chi connectivity index (χ1v) is 13.9. The summed E-state index contributed by atoms with van der Waals surface area (Å²) in [5.41, 5.74) is 0.699. The number of rotatable bonds is 10. The second kappa shape index (κ2) is 12.1. The van der Waals surface area contributed by atoms with Gasteiger partial charge in [0.1, 0.15) is 17.3 Å². The minimum Gasteiger partial charge on any atom is -0.493 e. The van der Waals surface area contributed by atoms with Gasteiger partial charge in [0.15, 0.2) is 21.4 Å². The summed E-state index contributed by atoms with van der Waals surface area (Å²) in [6.45, 7) is 1.99. The number of halogens is 2. The Morgan fingerprint density at radius 2 is 1.65 bits per heavy atom. The van der Waals surface area contributed by atoms with Gasteiger partial charge in [-0.15, -0.1) is 0 Å². The normalized spacial score (nSPS) is 11.2. The maximum Gasteiger partial charge on any atom is 0.254 e. The second-order valence-corrected chi connectivity index (χ2v) is 10.9. The fraction of sp³-hybridized carbons (Fsp3) is 0.172. The zero-order valence-corrected chi connectivity index (χ0v) is 22.5. The van der Waals surface area contributed by atoms with Crippen molar-refractivity contribution in [2.45, 2.75) is 18.2 Å². The lowest BCUT2D eigenvalue weighted by Crippen LogP contribution is -2.18. The van der Waals surface area contributed by atoms with Gasteiger partial charge in [0.2, 0.25) is 5.91 Å². The third kappa shape index (κ3) is 6.73. The highest BCUT2D eigenvalue weighted by Gasteiger charge is 2.19. The summed E-state index contributed by atoms with van der Waals surface area (Å²) in [5.74, 6) is -2.51. The molecule has 0 aliphatic rings. The Labute approximate surface area is 229 Å². The number of carbonyl (C=O) groups is 1. The van der Waals surface area contributed by atoms with E-state index in [1.807, 2.05) is 0 Å². The number of sulfone groups is 1. The number of nitrogens with zero attached hydrogens (tertiary/aromatic N) is 1. The molecule has 40 heavy (non-hydrogen) atoms. The largest absolute Gasteiger partial charge is 0.493 e. The van der Waals surface area contributed by atoms with Crippen molar-refractivity contribution in [3.63, 3.8) is 0 Å². The second-order valence-electron chi connectivity index (χ2n) is 8.75. The Kier molecular flexibility index (Phi) is 8.64. The van der Waals surface area contributed by atoms with E-state index in [0.717, 1.165) is 12.1 Å². The van der Waals surface area contributed by atoms with E-state index in [0.29, 0.717) is 22.9 Å². The van der Waals surface area contributed by atoms with Gasteiger partial charge in [-0.05, 0) is 49.4 Å². The van der Waals surface area contributed by atoms with Gasteiger partial charge in [0, 0.05) is 48.6 Å². The molecule has 0 radical (unpaired) electrons. The van der Waals surface area contributed by atoms with E-state index >= 15 is 0 Å². The Balaban J connectivity index is 1.67. The van der Waals surface area contributed by atoms with Gasteiger partial charge in [0.05, 0.1) is 17.3 Å². The summed E-state index contributed by atoms with van der Waals surface area (Å²) in [7, 11) is -2.12. The molecule has 1 aromatic heterocycles. The van der Waals surface area contributed by atoms with E-state index in [4.69, 9.17) is 9.47 Å². The first-order chi connectivity index (χ1) is 19.1. The van der Waals surface area contributed by atoms with E-state index in [1.165, 1.54) is 47.2 Å². The highest BCUT2D eigenvalue weighted by Crippen LogP contribution is 2.40. The highest BCUT2D eigenvalue weighted by molar-refractivity contribution is 7.91. The Morgan fingerprint density at radius 1 is 0.925 bits per heavy atom. The predicted molar refractivity (Wildman–Crippen MR) is 146 cm³/mol. The van der Waals surface area contributed by atoms with Crippen LogP contribution >= 0.6 is 0 Å². The predicted octanol–water partition coefficient (Wildman–Crippen LogP) is 5.32. The van der Waals surface area contributed by atoms with Crippen molar-refractivity contribution in [1.29, 1.82) is 0 Å². The number of benzene rings is 3. The van der Waals surface area contributed by atoms with Crippen LogP contribution < -0.4 is 20.3 Å². The quantitative estimate of drug-likeness (QED) is 0.278. The Morgan fingerprint density at radius 3 is 2.35 bits per heavy atom. The summed E-state index contributed by atoms with van der Waals surface area (Å²) < 4.78 is 65.7. The van der Waals surface area contributed by atoms with Crippen LogP contribution in [0.15, 0.2) is 88.7 Å². The highest BCUT2D eigenvalue weighted by atomic mass is 32.2. The molecular formula is C29H26F2N2O6S. The molecule has 0 fully saturated rings. The van der Waals surface area contributed by atoms with E-state index in [-0.39, 0.29) is 40.7 Å². The molecule has 0 atom stereocenters. The maximum atomic E-state index is 14.4. The molecule has 4 rings (SSSR count). The van der Waals surface area contributed by atoms with Crippen molar-refractivity contribution in [3.8, 4) is 28.4 Å². The molecule has 0 saturated heterocycles. The van der Waals surface area contributed by atoms with Gasteiger partial charge < -0.3 is 19.4 Å². The van der Waals surface area contributed by atoms with Crippen LogP contribution in [0.3, 0.4) is 0 Å². The molecule has 0 bridgehead atoms. The monoisotopic (exact) mass is 568 g/mol. The lowest BCUT2D eigenvalue weighted by Gasteiger charge is -2.17. The van der Waals surface area contributed by atoms with E-state index < -0.39 is 33.1 Å². The summed E-state index contributed by atoms with van der Waals surface area (Å²) >= 11 is 0. The number of anilines is 1. The molecule has 0 aliphatic heterocycles. The fourth-order valence-corrected chi connectivity index (χ4v) is 5.13. The van der Waals surface area contributed by atoms with Gasteiger partial charge in [-0.3, -0.25) is 9.59 Å². The SMILES string of the molecule is CCOc1cc(=O)n(C)cc1-c1cc(NC(=O)CCS(=O)(=O)c2ccccc2)ccc1Oc1ccc(F)cc1F. The summed E-state index contributed by atoms with van der Waals surface area (Å²) in [5, 5.41) is 2.67. The minimum atomic E-state index is -3.66. The van der Waals surface area contributed by atoms with Crippen LogP contribution in [0.5, 0.6) is 17.2 Å². The number of hydrogen-bond donors (Lipinski definition) is 1. The zero-order chi connectivity index (χ0) is 28.9. The first-order valence-electron chi connectivity index (χ1n) is 12.3. The smallest absolute Gasteiger partial charge is 0.254 e. The molecule has 0 spiro atoms. The number of aromatic nitrogens is 1. The van der Waals surface area contributed by atoms with Crippen molar-refractivity contribution >= 4 is 21.4 Å². The summed E-state index contributed by atoms with van der Waals surface area (Å²) in [6, 6.07) is 16.5. The molecule has 1 heterocycles. The van der Waals surface area contributed by atoms with E-state index in [1.54, 1.807) is 32.2 Å². The number of ether oxygens (including phenoxy) is 2. The molecule has 4 aromatic rings. The molecule has 0 aliphatic carbocycles. The molecule has 208 valence electrons. The third-order valence-corrected chi connectivity index (χ3v) is 7.59. The Bertz CT molecular complexity index is 1710. The average molecular weight is 569 g/mol. The van der Waals surface area contributed by atoms with Crippen LogP contribution in [0, 0.1) is 11.6 Å². The van der Waals surface area contributed by atoms with Crippen LogP contribution in [0.4, 0.5) is 14.5 Å². The van der Waals surface area contributed by atoms with Crippen LogP contribution in [0.1, 0.15) is 13.3 Å². The third-order valence-electron chi connectivity index (χ3n) is 5.86. The van der Waals surface area contributed by atoms with E-state index in [9.17, 15) is 26.8 Å². The molecule has 0 unspecified atom stereocenters. The maximum absolute atomic E-state index is 14.4. The van der Waals surface area contributed by atoms with Crippen LogP contribution in [-0.2, 0) is 21.7 Å². The lowest BCUT2D eigenvalue weighted by atomic mass is 10.0. The average Bonchev–Trinajstić information content (AvgIpc) is 2.92. The molecule has 3 aromatic carbocycles. The van der Waals surface area contributed by atoms with Crippen molar-refractivity contribution in [2.75, 3.05) is 17.7 Å². The number of carbonyl (C=O) groups excluding carboxylic acids is 1. The molecule has 8 nitrogen and oxygen atoms in total. The number of pyridine rings is 1. The fourth-order valence-electron chi connectivity index (χ4n) is 3.87. The van der Waals surface area contributed by atoms with E-state index in [2.05, 4.69) is 5.32 Å². The topological polar surface area (TPSA) is 104 Å². The van der Waals surface area contributed by atoms with Gasteiger partial charge >= 0.3 is 0 Å². The van der Waals surface area contributed by atoms with Crippen molar-refractivity contribution < 1.29 is 31.5 Å².